The van der Waals surface area contributed by atoms with Crippen LogP contribution < -0.4 is 10.1 Å². The van der Waals surface area contributed by atoms with Crippen molar-refractivity contribution in [1.29, 1.82) is 0 Å². The van der Waals surface area contributed by atoms with Gasteiger partial charge in [-0.2, -0.15) is 0 Å². The maximum Gasteiger partial charge on any atom is 0.219 e. The Kier molecular flexibility index (Phi) is 5.76. The summed E-state index contributed by atoms with van der Waals surface area (Å²) >= 11 is 3.48. The van der Waals surface area contributed by atoms with Crippen LogP contribution in [-0.4, -0.2) is 11.5 Å². The minimum atomic E-state index is 0.656. The Morgan fingerprint density at radius 3 is 2.71 bits per heavy atom. The van der Waals surface area contributed by atoms with Gasteiger partial charge >= 0.3 is 0 Å². The van der Waals surface area contributed by atoms with Crippen molar-refractivity contribution in [3.8, 4) is 11.6 Å². The Morgan fingerprint density at radius 2 is 2.00 bits per heavy atom. The van der Waals surface area contributed by atoms with Crippen LogP contribution in [-0.2, 0) is 13.0 Å². The number of nitrogens with one attached hydrogen (secondary N) is 1. The lowest BCUT2D eigenvalue weighted by Crippen LogP contribution is -2.12. The van der Waals surface area contributed by atoms with Crippen LogP contribution in [0, 0.1) is 6.92 Å². The molecule has 0 unspecified atom stereocenters. The molecule has 0 aliphatic heterocycles. The van der Waals surface area contributed by atoms with Gasteiger partial charge in [0, 0.05) is 22.8 Å². The first-order chi connectivity index (χ1) is 10.1. The molecule has 0 bridgehead atoms. The van der Waals surface area contributed by atoms with Gasteiger partial charge in [-0.3, -0.25) is 0 Å². The minimum absolute atomic E-state index is 0.656. The van der Waals surface area contributed by atoms with Crippen molar-refractivity contribution < 1.29 is 4.74 Å². The number of hydrogen-bond donors (Lipinski definition) is 1. The molecule has 0 aliphatic carbocycles. The fourth-order valence-corrected chi connectivity index (χ4v) is 2.36. The van der Waals surface area contributed by atoms with Crippen molar-refractivity contribution in [3.63, 3.8) is 0 Å². The highest BCUT2D eigenvalue weighted by molar-refractivity contribution is 9.10. The highest BCUT2D eigenvalue weighted by Crippen LogP contribution is 2.28. The second kappa shape index (κ2) is 7.57. The van der Waals surface area contributed by atoms with Crippen molar-refractivity contribution >= 4 is 15.9 Å². The molecule has 112 valence electrons. The molecule has 2 rings (SSSR count). The summed E-state index contributed by atoms with van der Waals surface area (Å²) < 4.78 is 6.99. The average Bonchev–Trinajstić information content (AvgIpc) is 2.48. The van der Waals surface area contributed by atoms with Gasteiger partial charge in [0.05, 0.1) is 0 Å². The summed E-state index contributed by atoms with van der Waals surface area (Å²) in [6.45, 7) is 8.02. The molecule has 1 aromatic heterocycles. The summed E-state index contributed by atoms with van der Waals surface area (Å²) in [5.41, 5.74) is 3.34. The second-order valence-corrected chi connectivity index (χ2v) is 5.87. The van der Waals surface area contributed by atoms with Crippen molar-refractivity contribution in [2.24, 2.45) is 0 Å². The van der Waals surface area contributed by atoms with Gasteiger partial charge in [-0.1, -0.05) is 35.8 Å². The lowest BCUT2D eigenvalue weighted by Gasteiger charge is -2.11. The third kappa shape index (κ3) is 4.55. The zero-order valence-electron chi connectivity index (χ0n) is 12.7. The Balaban J connectivity index is 2.27. The zero-order chi connectivity index (χ0) is 15.2. The largest absolute Gasteiger partial charge is 0.439 e. The molecule has 0 spiro atoms. The van der Waals surface area contributed by atoms with E-state index in [1.165, 1.54) is 5.56 Å². The first-order valence-electron chi connectivity index (χ1n) is 7.27. The van der Waals surface area contributed by atoms with Gasteiger partial charge in [0.1, 0.15) is 5.75 Å². The summed E-state index contributed by atoms with van der Waals surface area (Å²) in [7, 11) is 0. The summed E-state index contributed by atoms with van der Waals surface area (Å²) in [6.07, 6.45) is 0.897. The quantitative estimate of drug-likeness (QED) is 0.827. The monoisotopic (exact) mass is 348 g/mol. The number of hydrogen-bond acceptors (Lipinski definition) is 3. The van der Waals surface area contributed by atoms with Gasteiger partial charge in [-0.05, 0) is 49.2 Å². The minimum Gasteiger partial charge on any atom is -0.439 e. The predicted molar refractivity (Wildman–Crippen MR) is 89.9 cm³/mol. The molecule has 0 saturated carbocycles. The van der Waals surface area contributed by atoms with Gasteiger partial charge in [-0.15, -0.1) is 0 Å². The number of pyridine rings is 1. The lowest BCUT2D eigenvalue weighted by atomic mass is 10.2. The molecule has 2 aromatic rings. The predicted octanol–water partition coefficient (Wildman–Crippen LogP) is 4.62. The van der Waals surface area contributed by atoms with E-state index in [-0.39, 0.29) is 0 Å². The summed E-state index contributed by atoms with van der Waals surface area (Å²) in [5.74, 6) is 1.49. The van der Waals surface area contributed by atoms with Crippen LogP contribution >= 0.6 is 15.9 Å². The average molecular weight is 349 g/mol. The van der Waals surface area contributed by atoms with E-state index >= 15 is 0 Å². The Labute approximate surface area is 134 Å². The van der Waals surface area contributed by atoms with Crippen LogP contribution in [0.25, 0.3) is 0 Å². The molecule has 0 amide bonds. The molecule has 1 heterocycles. The van der Waals surface area contributed by atoms with Gasteiger partial charge in [0.15, 0.2) is 0 Å². The highest BCUT2D eigenvalue weighted by atomic mass is 79.9. The highest BCUT2D eigenvalue weighted by Gasteiger charge is 2.07. The van der Waals surface area contributed by atoms with Crippen LogP contribution in [0.2, 0.25) is 0 Å². The van der Waals surface area contributed by atoms with E-state index < -0.39 is 0 Å². The number of ether oxygens (including phenoxy) is 1. The number of rotatable bonds is 6. The van der Waals surface area contributed by atoms with Crippen LogP contribution in [0.1, 0.15) is 30.7 Å². The van der Waals surface area contributed by atoms with E-state index in [1.54, 1.807) is 0 Å². The number of aryl methyl sites for hydroxylation is 2. The fraction of sp³-hybridized carbons (Fsp3) is 0.353. The normalized spacial score (nSPS) is 10.7. The van der Waals surface area contributed by atoms with Gasteiger partial charge < -0.3 is 10.1 Å². The summed E-state index contributed by atoms with van der Waals surface area (Å²) in [5, 5.41) is 3.34. The summed E-state index contributed by atoms with van der Waals surface area (Å²) in [4.78, 5) is 4.56. The zero-order valence-corrected chi connectivity index (χ0v) is 14.3. The Bertz CT molecular complexity index is 614. The van der Waals surface area contributed by atoms with Crippen molar-refractivity contribution in [2.75, 3.05) is 6.54 Å². The smallest absolute Gasteiger partial charge is 0.219 e. The molecule has 3 nitrogen and oxygen atoms in total. The van der Waals surface area contributed by atoms with Gasteiger partial charge in [0.25, 0.3) is 0 Å². The SMILES string of the molecule is CCNCc1cc(CC)nc(Oc2cc(Br)ccc2C)c1. The molecule has 1 aromatic carbocycles. The first-order valence-corrected chi connectivity index (χ1v) is 8.06. The van der Waals surface area contributed by atoms with E-state index in [0.717, 1.165) is 41.0 Å². The molecule has 21 heavy (non-hydrogen) atoms. The standard InChI is InChI=1S/C17H21BrN2O/c1-4-15-8-13(11-19-5-2)9-17(20-15)21-16-10-14(18)7-6-12(16)3/h6-10,19H,4-5,11H2,1-3H3. The van der Waals surface area contributed by atoms with E-state index in [9.17, 15) is 0 Å². The second-order valence-electron chi connectivity index (χ2n) is 4.95. The number of benzene rings is 1. The third-order valence-electron chi connectivity index (χ3n) is 3.22. The van der Waals surface area contributed by atoms with Crippen LogP contribution in [0.15, 0.2) is 34.8 Å². The maximum absolute atomic E-state index is 5.98. The first kappa shape index (κ1) is 16.0. The molecule has 0 aliphatic rings. The van der Waals surface area contributed by atoms with E-state index in [1.807, 2.05) is 31.2 Å². The molecule has 0 saturated heterocycles. The molecule has 0 radical (unpaired) electrons. The molecule has 4 heteroatoms. The van der Waals surface area contributed by atoms with E-state index in [0.29, 0.717) is 5.88 Å². The van der Waals surface area contributed by atoms with Gasteiger partial charge in [-0.25, -0.2) is 4.98 Å². The van der Waals surface area contributed by atoms with Crippen LogP contribution in [0.4, 0.5) is 0 Å². The number of aromatic nitrogens is 1. The summed E-state index contributed by atoms with van der Waals surface area (Å²) in [6, 6.07) is 10.1. The van der Waals surface area contributed by atoms with Crippen molar-refractivity contribution in [1.82, 2.24) is 10.3 Å². The van der Waals surface area contributed by atoms with Crippen LogP contribution in [0.3, 0.4) is 0 Å². The lowest BCUT2D eigenvalue weighted by molar-refractivity contribution is 0.456. The molecule has 0 fully saturated rings. The fourth-order valence-electron chi connectivity index (χ4n) is 2.02. The Hall–Kier alpha value is -1.39. The topological polar surface area (TPSA) is 34.2 Å². The number of halogens is 1. The number of nitrogens with zero attached hydrogens (tertiary/aromatic N) is 1. The molecule has 1 N–H and O–H groups in total. The van der Waals surface area contributed by atoms with E-state index in [4.69, 9.17) is 4.74 Å². The Morgan fingerprint density at radius 1 is 1.19 bits per heavy atom. The van der Waals surface area contributed by atoms with E-state index in [2.05, 4.69) is 46.1 Å². The van der Waals surface area contributed by atoms with Crippen molar-refractivity contribution in [2.45, 2.75) is 33.7 Å². The third-order valence-corrected chi connectivity index (χ3v) is 3.71. The molecular formula is C17H21BrN2O. The van der Waals surface area contributed by atoms with Crippen molar-refractivity contribution in [3.05, 3.63) is 51.6 Å². The maximum atomic E-state index is 5.98. The molecular weight excluding hydrogens is 328 g/mol. The van der Waals surface area contributed by atoms with Crippen LogP contribution in [0.5, 0.6) is 11.6 Å². The molecule has 0 atom stereocenters. The van der Waals surface area contributed by atoms with Gasteiger partial charge in [0.2, 0.25) is 5.88 Å².